The Kier molecular flexibility index (Phi) is 4.88. The second kappa shape index (κ2) is 7.07. The minimum atomic E-state index is -0.167. The third kappa shape index (κ3) is 3.45. The van der Waals surface area contributed by atoms with Crippen molar-refractivity contribution in [3.05, 3.63) is 69.8 Å². The minimum absolute atomic E-state index is 0.167. The van der Waals surface area contributed by atoms with Gasteiger partial charge in [0.15, 0.2) is 0 Å². The van der Waals surface area contributed by atoms with Gasteiger partial charge >= 0.3 is 0 Å². The number of nitrogens with zero attached hydrogens (tertiary/aromatic N) is 1. The monoisotopic (exact) mass is 359 g/mol. The van der Waals surface area contributed by atoms with Gasteiger partial charge in [-0.3, -0.25) is 4.79 Å². The highest BCUT2D eigenvalue weighted by molar-refractivity contribution is 6.33. The summed E-state index contributed by atoms with van der Waals surface area (Å²) >= 11 is 12.5. The first-order chi connectivity index (χ1) is 11.6. The quantitative estimate of drug-likeness (QED) is 0.673. The van der Waals surface area contributed by atoms with Crippen LogP contribution in [-0.2, 0) is 6.54 Å². The maximum Gasteiger partial charge on any atom is 0.251 e. The number of amides is 1. The first kappa shape index (κ1) is 16.6. The van der Waals surface area contributed by atoms with Crippen molar-refractivity contribution >= 4 is 45.7 Å². The van der Waals surface area contributed by atoms with Crippen molar-refractivity contribution in [3.63, 3.8) is 0 Å². The van der Waals surface area contributed by atoms with Crippen LogP contribution in [-0.4, -0.2) is 17.9 Å². The van der Waals surface area contributed by atoms with Crippen molar-refractivity contribution in [1.82, 2.24) is 10.3 Å². The Morgan fingerprint density at radius 2 is 1.92 bits per heavy atom. The number of fused-ring (bicyclic) bond motifs is 1. The molecule has 0 aliphatic rings. The molecule has 0 unspecified atom stereocenters. The molecule has 3 rings (SSSR count). The predicted molar refractivity (Wildman–Crippen MR) is 98.9 cm³/mol. The number of carbonyl (C=O) groups excluding carboxylic acids is 1. The highest BCUT2D eigenvalue weighted by Crippen LogP contribution is 2.26. The number of hydrogen-bond donors (Lipinski definition) is 2. The lowest BCUT2D eigenvalue weighted by atomic mass is 10.1. The number of nitrogens with one attached hydrogen (secondary N) is 2. The van der Waals surface area contributed by atoms with Gasteiger partial charge in [-0.1, -0.05) is 41.4 Å². The van der Waals surface area contributed by atoms with Crippen LogP contribution < -0.4 is 10.6 Å². The molecule has 0 bridgehead atoms. The molecule has 122 valence electrons. The van der Waals surface area contributed by atoms with Crippen molar-refractivity contribution in [2.24, 2.45) is 0 Å². The number of para-hydroxylation sites is 1. The first-order valence-electron chi connectivity index (χ1n) is 7.38. The second-order valence-electron chi connectivity index (χ2n) is 5.26. The molecular weight excluding hydrogens is 345 g/mol. The maximum atomic E-state index is 11.7. The molecular formula is C18H15Cl2N3O. The van der Waals surface area contributed by atoms with E-state index in [1.54, 1.807) is 25.2 Å². The van der Waals surface area contributed by atoms with Crippen molar-refractivity contribution in [1.29, 1.82) is 0 Å². The second-order valence-corrected chi connectivity index (χ2v) is 6.02. The van der Waals surface area contributed by atoms with E-state index in [9.17, 15) is 4.79 Å². The van der Waals surface area contributed by atoms with Crippen LogP contribution in [0.25, 0.3) is 10.9 Å². The number of pyridine rings is 1. The Morgan fingerprint density at radius 3 is 2.71 bits per heavy atom. The number of aromatic nitrogens is 1. The Bertz CT molecular complexity index is 912. The zero-order valence-electron chi connectivity index (χ0n) is 12.9. The van der Waals surface area contributed by atoms with E-state index in [1.807, 2.05) is 30.3 Å². The molecule has 2 aromatic carbocycles. The lowest BCUT2D eigenvalue weighted by molar-refractivity contribution is 0.0963. The van der Waals surface area contributed by atoms with E-state index in [2.05, 4.69) is 15.6 Å². The SMILES string of the molecule is CNC(=O)c1ccc(Cl)c(NCc2cc3ccccc3nc2Cl)c1. The van der Waals surface area contributed by atoms with Gasteiger partial charge < -0.3 is 10.6 Å². The van der Waals surface area contributed by atoms with E-state index in [0.717, 1.165) is 16.5 Å². The van der Waals surface area contributed by atoms with Crippen LogP contribution in [0, 0.1) is 0 Å². The van der Waals surface area contributed by atoms with E-state index >= 15 is 0 Å². The Balaban J connectivity index is 1.85. The van der Waals surface area contributed by atoms with E-state index in [0.29, 0.717) is 28.0 Å². The molecule has 4 nitrogen and oxygen atoms in total. The summed E-state index contributed by atoms with van der Waals surface area (Å²) in [5, 5.41) is 7.80. The summed E-state index contributed by atoms with van der Waals surface area (Å²) in [5.74, 6) is -0.167. The average Bonchev–Trinajstić information content (AvgIpc) is 2.60. The lowest BCUT2D eigenvalue weighted by Crippen LogP contribution is -2.17. The first-order valence-corrected chi connectivity index (χ1v) is 8.14. The molecule has 24 heavy (non-hydrogen) atoms. The normalized spacial score (nSPS) is 10.6. The molecule has 0 saturated heterocycles. The summed E-state index contributed by atoms with van der Waals surface area (Å²) in [5.41, 5.74) is 2.91. The highest BCUT2D eigenvalue weighted by atomic mass is 35.5. The molecule has 0 radical (unpaired) electrons. The number of benzene rings is 2. The van der Waals surface area contributed by atoms with Crippen LogP contribution in [0.2, 0.25) is 10.2 Å². The molecule has 1 heterocycles. The Labute approximate surface area is 149 Å². The van der Waals surface area contributed by atoms with E-state index in [4.69, 9.17) is 23.2 Å². The van der Waals surface area contributed by atoms with E-state index in [-0.39, 0.29) is 5.91 Å². The van der Waals surface area contributed by atoms with Crippen LogP contribution in [0.5, 0.6) is 0 Å². The molecule has 2 N–H and O–H groups in total. The standard InChI is InChI=1S/C18H15Cl2N3O/c1-21-18(24)12-6-7-14(19)16(9-12)22-10-13-8-11-4-2-3-5-15(11)23-17(13)20/h2-9,22H,10H2,1H3,(H,21,24). The maximum absolute atomic E-state index is 11.7. The van der Waals surface area contributed by atoms with Gasteiger partial charge in [-0.05, 0) is 30.3 Å². The van der Waals surface area contributed by atoms with Gasteiger partial charge in [0.25, 0.3) is 5.91 Å². The van der Waals surface area contributed by atoms with Crippen molar-refractivity contribution in [3.8, 4) is 0 Å². The number of rotatable bonds is 4. The summed E-state index contributed by atoms with van der Waals surface area (Å²) < 4.78 is 0. The molecule has 0 aliphatic heterocycles. The predicted octanol–water partition coefficient (Wildman–Crippen LogP) is 4.51. The molecule has 0 atom stereocenters. The van der Waals surface area contributed by atoms with E-state index < -0.39 is 0 Å². The average molecular weight is 360 g/mol. The molecule has 6 heteroatoms. The van der Waals surface area contributed by atoms with Crippen LogP contribution in [0.4, 0.5) is 5.69 Å². The highest BCUT2D eigenvalue weighted by Gasteiger charge is 2.09. The molecule has 0 saturated carbocycles. The zero-order valence-corrected chi connectivity index (χ0v) is 14.4. The third-order valence-corrected chi connectivity index (χ3v) is 4.33. The Hall–Kier alpha value is -2.30. The molecule has 1 amide bonds. The van der Waals surface area contributed by atoms with Gasteiger partial charge in [-0.25, -0.2) is 4.98 Å². The summed E-state index contributed by atoms with van der Waals surface area (Å²) in [4.78, 5) is 16.1. The molecule has 0 spiro atoms. The topological polar surface area (TPSA) is 54.0 Å². The van der Waals surface area contributed by atoms with Crippen LogP contribution in [0.15, 0.2) is 48.5 Å². The number of carbonyl (C=O) groups is 1. The van der Waals surface area contributed by atoms with Gasteiger partial charge in [-0.2, -0.15) is 0 Å². The van der Waals surface area contributed by atoms with Crippen molar-refractivity contribution in [2.45, 2.75) is 6.54 Å². The van der Waals surface area contributed by atoms with Crippen LogP contribution in [0.1, 0.15) is 15.9 Å². The summed E-state index contributed by atoms with van der Waals surface area (Å²) in [6, 6.07) is 14.9. The van der Waals surface area contributed by atoms with Gasteiger partial charge in [-0.15, -0.1) is 0 Å². The molecule has 0 aliphatic carbocycles. The minimum Gasteiger partial charge on any atom is -0.380 e. The molecule has 3 aromatic rings. The largest absolute Gasteiger partial charge is 0.380 e. The fraction of sp³-hybridized carbons (Fsp3) is 0.111. The molecule has 1 aromatic heterocycles. The van der Waals surface area contributed by atoms with Crippen molar-refractivity contribution in [2.75, 3.05) is 12.4 Å². The van der Waals surface area contributed by atoms with Gasteiger partial charge in [0.1, 0.15) is 5.15 Å². The fourth-order valence-corrected chi connectivity index (χ4v) is 2.79. The van der Waals surface area contributed by atoms with Gasteiger partial charge in [0.2, 0.25) is 0 Å². The smallest absolute Gasteiger partial charge is 0.251 e. The summed E-state index contributed by atoms with van der Waals surface area (Å²) in [7, 11) is 1.59. The number of halogens is 2. The number of anilines is 1. The zero-order chi connectivity index (χ0) is 17.1. The fourth-order valence-electron chi connectivity index (χ4n) is 2.40. The van der Waals surface area contributed by atoms with Gasteiger partial charge in [0.05, 0.1) is 16.2 Å². The third-order valence-electron chi connectivity index (χ3n) is 3.67. The van der Waals surface area contributed by atoms with Crippen molar-refractivity contribution < 1.29 is 4.79 Å². The number of hydrogen-bond acceptors (Lipinski definition) is 3. The Morgan fingerprint density at radius 1 is 1.12 bits per heavy atom. The summed E-state index contributed by atoms with van der Waals surface area (Å²) in [6.45, 7) is 0.452. The van der Waals surface area contributed by atoms with Crippen LogP contribution >= 0.6 is 23.2 Å². The molecule has 0 fully saturated rings. The summed E-state index contributed by atoms with van der Waals surface area (Å²) in [6.07, 6.45) is 0. The lowest BCUT2D eigenvalue weighted by Gasteiger charge is -2.12. The van der Waals surface area contributed by atoms with Crippen LogP contribution in [0.3, 0.4) is 0 Å². The van der Waals surface area contributed by atoms with Gasteiger partial charge in [0, 0.05) is 30.1 Å². The van der Waals surface area contributed by atoms with E-state index in [1.165, 1.54) is 0 Å².